The van der Waals surface area contributed by atoms with E-state index in [0.717, 1.165) is 6.42 Å². The maximum atomic E-state index is 12.7. The quantitative estimate of drug-likeness (QED) is 0.773. The van der Waals surface area contributed by atoms with Crippen LogP contribution in [0.25, 0.3) is 0 Å². The van der Waals surface area contributed by atoms with E-state index in [2.05, 4.69) is 10.6 Å². The van der Waals surface area contributed by atoms with Crippen LogP contribution in [0.3, 0.4) is 0 Å². The van der Waals surface area contributed by atoms with Crippen molar-refractivity contribution in [3.05, 3.63) is 58.1 Å². The Morgan fingerprint density at radius 2 is 1.93 bits per heavy atom. The molecule has 1 aliphatic rings. The van der Waals surface area contributed by atoms with Gasteiger partial charge in [-0.25, -0.2) is 0 Å². The van der Waals surface area contributed by atoms with Gasteiger partial charge < -0.3 is 10.6 Å². The first-order valence-corrected chi connectivity index (χ1v) is 9.52. The van der Waals surface area contributed by atoms with Gasteiger partial charge in [-0.05, 0) is 49.7 Å². The van der Waals surface area contributed by atoms with Crippen molar-refractivity contribution >= 4 is 46.4 Å². The lowest BCUT2D eigenvalue weighted by Gasteiger charge is -2.23. The fourth-order valence-corrected chi connectivity index (χ4v) is 3.64. The standard InChI is InChI=1S/C20H18Cl2N4O2/c21-14-7-8-17(15(22)10-14)25-20(28)18-6-3-9-26(18)12-19(27)24-16-5-2-1-4-13(16)11-23/h1-2,4-5,7-8,10,18H,3,6,9,12H2,(H,24,27)(H,25,28). The largest absolute Gasteiger partial charge is 0.324 e. The van der Waals surface area contributed by atoms with Crippen LogP contribution in [0.1, 0.15) is 18.4 Å². The van der Waals surface area contributed by atoms with Gasteiger partial charge in [-0.3, -0.25) is 14.5 Å². The highest BCUT2D eigenvalue weighted by Crippen LogP contribution is 2.27. The molecule has 1 aliphatic heterocycles. The Bertz CT molecular complexity index is 942. The minimum absolute atomic E-state index is 0.0617. The summed E-state index contributed by atoms with van der Waals surface area (Å²) in [4.78, 5) is 26.9. The Balaban J connectivity index is 1.63. The third-order valence-electron chi connectivity index (χ3n) is 4.52. The van der Waals surface area contributed by atoms with Gasteiger partial charge in [0, 0.05) is 5.02 Å². The van der Waals surface area contributed by atoms with Crippen LogP contribution in [0.5, 0.6) is 0 Å². The highest BCUT2D eigenvalue weighted by molar-refractivity contribution is 6.36. The molecule has 144 valence electrons. The second-order valence-electron chi connectivity index (χ2n) is 6.45. The zero-order valence-corrected chi connectivity index (χ0v) is 16.4. The molecule has 0 radical (unpaired) electrons. The zero-order chi connectivity index (χ0) is 20.1. The summed E-state index contributed by atoms with van der Waals surface area (Å²) in [6, 6.07) is 13.3. The van der Waals surface area contributed by atoms with Crippen LogP contribution >= 0.6 is 23.2 Å². The fraction of sp³-hybridized carbons (Fsp3) is 0.250. The lowest BCUT2D eigenvalue weighted by atomic mass is 10.2. The van der Waals surface area contributed by atoms with Crippen LogP contribution in [0.2, 0.25) is 10.0 Å². The van der Waals surface area contributed by atoms with E-state index in [4.69, 9.17) is 28.5 Å². The molecule has 1 fully saturated rings. The Morgan fingerprint density at radius 1 is 1.14 bits per heavy atom. The summed E-state index contributed by atoms with van der Waals surface area (Å²) in [6.07, 6.45) is 1.47. The normalized spacial score (nSPS) is 16.4. The van der Waals surface area contributed by atoms with Crippen molar-refractivity contribution in [2.24, 2.45) is 0 Å². The van der Waals surface area contributed by atoms with Crippen molar-refractivity contribution in [3.63, 3.8) is 0 Å². The van der Waals surface area contributed by atoms with E-state index in [9.17, 15) is 9.59 Å². The van der Waals surface area contributed by atoms with Crippen molar-refractivity contribution < 1.29 is 9.59 Å². The lowest BCUT2D eigenvalue weighted by molar-refractivity contribution is -0.122. The molecule has 2 amide bonds. The highest BCUT2D eigenvalue weighted by atomic mass is 35.5. The number of nitrogens with one attached hydrogen (secondary N) is 2. The van der Waals surface area contributed by atoms with Crippen molar-refractivity contribution in [2.75, 3.05) is 23.7 Å². The van der Waals surface area contributed by atoms with E-state index in [1.54, 1.807) is 42.5 Å². The van der Waals surface area contributed by atoms with Gasteiger partial charge >= 0.3 is 0 Å². The molecule has 0 saturated carbocycles. The molecule has 1 saturated heterocycles. The Hall–Kier alpha value is -2.59. The highest BCUT2D eigenvalue weighted by Gasteiger charge is 2.32. The number of hydrogen-bond acceptors (Lipinski definition) is 4. The summed E-state index contributed by atoms with van der Waals surface area (Å²) in [5.74, 6) is -0.487. The monoisotopic (exact) mass is 416 g/mol. The van der Waals surface area contributed by atoms with Gasteiger partial charge in [-0.2, -0.15) is 5.26 Å². The summed E-state index contributed by atoms with van der Waals surface area (Å²) >= 11 is 12.0. The number of anilines is 2. The van der Waals surface area contributed by atoms with E-state index in [0.29, 0.717) is 39.9 Å². The minimum atomic E-state index is -0.427. The summed E-state index contributed by atoms with van der Waals surface area (Å²) in [5, 5.41) is 15.5. The second kappa shape index (κ2) is 9.07. The molecule has 28 heavy (non-hydrogen) atoms. The van der Waals surface area contributed by atoms with Crippen LogP contribution in [0, 0.1) is 11.3 Å². The Labute approximate surface area is 173 Å². The van der Waals surface area contributed by atoms with Gasteiger partial charge in [0.25, 0.3) is 0 Å². The number of nitrogens with zero attached hydrogens (tertiary/aromatic N) is 2. The summed E-state index contributed by atoms with van der Waals surface area (Å²) in [6.45, 7) is 0.700. The summed E-state index contributed by atoms with van der Waals surface area (Å²) < 4.78 is 0. The number of benzene rings is 2. The molecule has 2 aromatic carbocycles. The van der Waals surface area contributed by atoms with Crippen molar-refractivity contribution in [2.45, 2.75) is 18.9 Å². The van der Waals surface area contributed by atoms with Gasteiger partial charge in [0.05, 0.1) is 34.5 Å². The minimum Gasteiger partial charge on any atom is -0.324 e. The van der Waals surface area contributed by atoms with Gasteiger partial charge in [0.2, 0.25) is 11.8 Å². The number of para-hydroxylation sites is 1. The predicted molar refractivity (Wildman–Crippen MR) is 109 cm³/mol. The molecule has 2 N–H and O–H groups in total. The van der Waals surface area contributed by atoms with Crippen molar-refractivity contribution in [1.82, 2.24) is 4.90 Å². The Kier molecular flexibility index (Phi) is 6.53. The number of nitriles is 1. The van der Waals surface area contributed by atoms with E-state index in [1.807, 2.05) is 11.0 Å². The first-order chi connectivity index (χ1) is 13.5. The number of halogens is 2. The van der Waals surface area contributed by atoms with Crippen LogP contribution in [-0.4, -0.2) is 35.8 Å². The number of carbonyl (C=O) groups is 2. The smallest absolute Gasteiger partial charge is 0.241 e. The molecule has 1 unspecified atom stereocenters. The number of rotatable bonds is 5. The van der Waals surface area contributed by atoms with Gasteiger partial charge in [0.15, 0.2) is 0 Å². The molecule has 0 spiro atoms. The summed E-state index contributed by atoms with van der Waals surface area (Å²) in [7, 11) is 0. The SMILES string of the molecule is N#Cc1ccccc1NC(=O)CN1CCCC1C(=O)Nc1ccc(Cl)cc1Cl. The summed E-state index contributed by atoms with van der Waals surface area (Å²) in [5.41, 5.74) is 1.34. The maximum Gasteiger partial charge on any atom is 0.241 e. The first kappa shape index (κ1) is 20.2. The molecule has 1 heterocycles. The van der Waals surface area contributed by atoms with E-state index in [-0.39, 0.29) is 18.4 Å². The van der Waals surface area contributed by atoms with E-state index >= 15 is 0 Å². The fourth-order valence-electron chi connectivity index (χ4n) is 3.18. The van der Waals surface area contributed by atoms with Crippen LogP contribution < -0.4 is 10.6 Å². The average Bonchev–Trinajstić information content (AvgIpc) is 3.12. The third kappa shape index (κ3) is 4.82. The average molecular weight is 417 g/mol. The zero-order valence-electron chi connectivity index (χ0n) is 14.9. The first-order valence-electron chi connectivity index (χ1n) is 8.77. The number of amides is 2. The molecular formula is C20H18Cl2N4O2. The molecule has 0 bridgehead atoms. The molecule has 0 aliphatic carbocycles. The van der Waals surface area contributed by atoms with Crippen LogP contribution in [-0.2, 0) is 9.59 Å². The Morgan fingerprint density at radius 3 is 2.68 bits per heavy atom. The van der Waals surface area contributed by atoms with Gasteiger partial charge in [0.1, 0.15) is 6.07 Å². The van der Waals surface area contributed by atoms with Crippen LogP contribution in [0.15, 0.2) is 42.5 Å². The molecule has 8 heteroatoms. The van der Waals surface area contributed by atoms with Crippen molar-refractivity contribution in [3.8, 4) is 6.07 Å². The van der Waals surface area contributed by atoms with E-state index in [1.165, 1.54) is 0 Å². The van der Waals surface area contributed by atoms with Gasteiger partial charge in [-0.15, -0.1) is 0 Å². The molecule has 6 nitrogen and oxygen atoms in total. The molecule has 2 aromatic rings. The molecule has 0 aromatic heterocycles. The molecular weight excluding hydrogens is 399 g/mol. The molecule has 3 rings (SSSR count). The van der Waals surface area contributed by atoms with Gasteiger partial charge in [-0.1, -0.05) is 35.3 Å². The van der Waals surface area contributed by atoms with Crippen molar-refractivity contribution in [1.29, 1.82) is 5.26 Å². The topological polar surface area (TPSA) is 85.2 Å². The predicted octanol–water partition coefficient (Wildman–Crippen LogP) is 3.91. The number of hydrogen-bond donors (Lipinski definition) is 2. The molecule has 1 atom stereocenters. The van der Waals surface area contributed by atoms with Crippen LogP contribution in [0.4, 0.5) is 11.4 Å². The maximum absolute atomic E-state index is 12.7. The second-order valence-corrected chi connectivity index (χ2v) is 7.29. The number of carbonyl (C=O) groups excluding carboxylic acids is 2. The lowest BCUT2D eigenvalue weighted by Crippen LogP contribution is -2.43. The van der Waals surface area contributed by atoms with E-state index < -0.39 is 6.04 Å². The third-order valence-corrected chi connectivity index (χ3v) is 5.07. The number of likely N-dealkylation sites (tertiary alicyclic amines) is 1.